The van der Waals surface area contributed by atoms with Crippen molar-refractivity contribution in [2.75, 3.05) is 38.7 Å². The first-order valence-corrected chi connectivity index (χ1v) is 6.77. The van der Waals surface area contributed by atoms with Gasteiger partial charge in [0, 0.05) is 24.8 Å². The van der Waals surface area contributed by atoms with Crippen LogP contribution in [0.25, 0.3) is 0 Å². The summed E-state index contributed by atoms with van der Waals surface area (Å²) in [6, 6.07) is 10.9. The molecule has 0 radical (unpaired) electrons. The van der Waals surface area contributed by atoms with Gasteiger partial charge in [0.05, 0.1) is 13.7 Å². The van der Waals surface area contributed by atoms with Crippen molar-refractivity contribution in [2.45, 2.75) is 18.9 Å². The summed E-state index contributed by atoms with van der Waals surface area (Å²) in [6.07, 6.45) is 2.29. The number of nitrogens with zero attached hydrogens (tertiary/aromatic N) is 2. The Morgan fingerprint density at radius 1 is 1.42 bits per heavy atom. The third-order valence-corrected chi connectivity index (χ3v) is 3.75. The number of carbonyl (C=O) groups excluding carboxylic acids is 1. The van der Waals surface area contributed by atoms with Crippen molar-refractivity contribution < 1.29 is 9.53 Å². The van der Waals surface area contributed by atoms with E-state index in [1.165, 1.54) is 12.8 Å². The highest BCUT2D eigenvalue weighted by Gasteiger charge is 2.24. The minimum absolute atomic E-state index is 0.167. The molecule has 0 aromatic heterocycles. The number of rotatable bonds is 4. The smallest absolute Gasteiger partial charge is 0.319 e. The molecule has 0 spiro atoms. The summed E-state index contributed by atoms with van der Waals surface area (Å²) in [6.45, 7) is 2.42. The van der Waals surface area contributed by atoms with Crippen LogP contribution in [0.4, 0.5) is 5.69 Å². The molecule has 1 aliphatic rings. The van der Waals surface area contributed by atoms with Gasteiger partial charge in [-0.1, -0.05) is 18.2 Å². The summed E-state index contributed by atoms with van der Waals surface area (Å²) in [5.74, 6) is -0.167. The monoisotopic (exact) mass is 262 g/mol. The molecule has 1 aromatic rings. The second kappa shape index (κ2) is 6.57. The standard InChI is InChI=1S/C15H22N2O2/c1-16(12-15(18)19-2)14-9-6-10-17(11-14)13-7-4-3-5-8-13/h3-5,7-8,14H,6,9-12H2,1-2H3/t14-/m1/s1. The van der Waals surface area contributed by atoms with Gasteiger partial charge in [-0.05, 0) is 32.0 Å². The van der Waals surface area contributed by atoms with E-state index in [4.69, 9.17) is 4.74 Å². The van der Waals surface area contributed by atoms with Crippen molar-refractivity contribution in [1.82, 2.24) is 4.90 Å². The van der Waals surface area contributed by atoms with Gasteiger partial charge in [-0.15, -0.1) is 0 Å². The lowest BCUT2D eigenvalue weighted by atomic mass is 10.0. The largest absolute Gasteiger partial charge is 0.468 e. The molecule has 1 heterocycles. The van der Waals surface area contributed by atoms with E-state index in [2.05, 4.69) is 34.1 Å². The summed E-state index contributed by atoms with van der Waals surface area (Å²) in [5.41, 5.74) is 1.26. The number of likely N-dealkylation sites (N-methyl/N-ethyl adjacent to an activating group) is 1. The summed E-state index contributed by atoms with van der Waals surface area (Å²) in [5, 5.41) is 0. The van der Waals surface area contributed by atoms with Gasteiger partial charge in [0.2, 0.25) is 0 Å². The maximum atomic E-state index is 11.3. The normalized spacial score (nSPS) is 19.5. The van der Waals surface area contributed by atoms with Gasteiger partial charge in [0.1, 0.15) is 0 Å². The molecule has 0 amide bonds. The molecule has 4 heteroatoms. The zero-order valence-electron chi connectivity index (χ0n) is 11.7. The first-order chi connectivity index (χ1) is 9.20. The Morgan fingerprint density at radius 2 is 2.16 bits per heavy atom. The van der Waals surface area contributed by atoms with Crippen LogP contribution in [0, 0.1) is 0 Å². The molecule has 0 saturated carbocycles. The minimum Gasteiger partial charge on any atom is -0.468 e. The quantitative estimate of drug-likeness (QED) is 0.774. The zero-order valence-corrected chi connectivity index (χ0v) is 11.7. The Bertz CT molecular complexity index is 408. The minimum atomic E-state index is -0.167. The lowest BCUT2D eigenvalue weighted by Crippen LogP contribution is -2.48. The maximum absolute atomic E-state index is 11.3. The van der Waals surface area contributed by atoms with E-state index in [0.717, 1.165) is 25.9 Å². The summed E-state index contributed by atoms with van der Waals surface area (Å²) >= 11 is 0. The van der Waals surface area contributed by atoms with Crippen molar-refractivity contribution in [3.8, 4) is 0 Å². The summed E-state index contributed by atoms with van der Waals surface area (Å²) in [4.78, 5) is 15.8. The van der Waals surface area contributed by atoms with E-state index in [1.54, 1.807) is 0 Å². The molecule has 104 valence electrons. The molecule has 1 aliphatic heterocycles. The highest BCUT2D eigenvalue weighted by molar-refractivity contribution is 5.71. The number of para-hydroxylation sites is 1. The van der Waals surface area contributed by atoms with Crippen molar-refractivity contribution >= 4 is 11.7 Å². The van der Waals surface area contributed by atoms with Crippen molar-refractivity contribution in [3.05, 3.63) is 30.3 Å². The molecule has 0 N–H and O–H groups in total. The zero-order chi connectivity index (χ0) is 13.7. The third kappa shape index (κ3) is 3.70. The van der Waals surface area contributed by atoms with Crippen LogP contribution in [0.5, 0.6) is 0 Å². The second-order valence-corrected chi connectivity index (χ2v) is 5.07. The molecular formula is C15H22N2O2. The predicted octanol–water partition coefficient (Wildman–Crippen LogP) is 1.76. The number of ether oxygens (including phenoxy) is 1. The Balaban J connectivity index is 1.95. The molecule has 1 atom stereocenters. The highest BCUT2D eigenvalue weighted by atomic mass is 16.5. The van der Waals surface area contributed by atoms with Crippen molar-refractivity contribution in [3.63, 3.8) is 0 Å². The first-order valence-electron chi connectivity index (χ1n) is 6.77. The van der Waals surface area contributed by atoms with Gasteiger partial charge in [-0.2, -0.15) is 0 Å². The molecule has 0 aliphatic carbocycles. The van der Waals surface area contributed by atoms with Gasteiger partial charge in [0.25, 0.3) is 0 Å². The summed E-state index contributed by atoms with van der Waals surface area (Å²) in [7, 11) is 3.43. The van der Waals surface area contributed by atoms with Gasteiger partial charge in [-0.3, -0.25) is 9.69 Å². The number of methoxy groups -OCH3 is 1. The first kappa shape index (κ1) is 13.9. The molecule has 0 bridgehead atoms. The second-order valence-electron chi connectivity index (χ2n) is 5.07. The SMILES string of the molecule is COC(=O)CN(C)[C@@H]1CCCN(c2ccccc2)C1. The third-order valence-electron chi connectivity index (χ3n) is 3.75. The molecule has 1 fully saturated rings. The maximum Gasteiger partial charge on any atom is 0.319 e. The van der Waals surface area contributed by atoms with Gasteiger partial charge < -0.3 is 9.64 Å². The fraction of sp³-hybridized carbons (Fsp3) is 0.533. The number of hydrogen-bond acceptors (Lipinski definition) is 4. The van der Waals surface area contributed by atoms with Gasteiger partial charge in [0.15, 0.2) is 0 Å². The van der Waals surface area contributed by atoms with E-state index in [1.807, 2.05) is 13.1 Å². The van der Waals surface area contributed by atoms with Crippen molar-refractivity contribution in [2.24, 2.45) is 0 Å². The Kier molecular flexibility index (Phi) is 4.80. The molecule has 2 rings (SSSR count). The molecule has 1 aromatic carbocycles. The van der Waals surface area contributed by atoms with Crippen molar-refractivity contribution in [1.29, 1.82) is 0 Å². The molecule has 19 heavy (non-hydrogen) atoms. The van der Waals surface area contributed by atoms with Crippen LogP contribution in [0.15, 0.2) is 30.3 Å². The fourth-order valence-electron chi connectivity index (χ4n) is 2.59. The van der Waals surface area contributed by atoms with Crippen LogP contribution in [0.2, 0.25) is 0 Å². The Hall–Kier alpha value is -1.55. The number of anilines is 1. The van der Waals surface area contributed by atoms with Crippen LogP contribution in [-0.4, -0.2) is 50.7 Å². The molecule has 0 unspecified atom stereocenters. The lowest BCUT2D eigenvalue weighted by Gasteiger charge is -2.38. The predicted molar refractivity (Wildman–Crippen MR) is 76.3 cm³/mol. The van der Waals surface area contributed by atoms with Gasteiger partial charge >= 0.3 is 5.97 Å². The average Bonchev–Trinajstić information content (AvgIpc) is 2.48. The van der Waals surface area contributed by atoms with Gasteiger partial charge in [-0.25, -0.2) is 0 Å². The number of esters is 1. The number of carbonyl (C=O) groups is 1. The van der Waals surface area contributed by atoms with Crippen LogP contribution in [-0.2, 0) is 9.53 Å². The van der Waals surface area contributed by atoms with Crippen LogP contribution < -0.4 is 4.90 Å². The van der Waals surface area contributed by atoms with Crippen LogP contribution in [0.3, 0.4) is 0 Å². The van der Waals surface area contributed by atoms with E-state index >= 15 is 0 Å². The molecule has 1 saturated heterocycles. The average molecular weight is 262 g/mol. The Morgan fingerprint density at radius 3 is 2.84 bits per heavy atom. The van der Waals surface area contributed by atoms with E-state index in [-0.39, 0.29) is 5.97 Å². The van der Waals surface area contributed by atoms with E-state index < -0.39 is 0 Å². The van der Waals surface area contributed by atoms with E-state index in [9.17, 15) is 4.79 Å². The van der Waals surface area contributed by atoms with Crippen LogP contribution in [0.1, 0.15) is 12.8 Å². The molecule has 4 nitrogen and oxygen atoms in total. The number of hydrogen-bond donors (Lipinski definition) is 0. The lowest BCUT2D eigenvalue weighted by molar-refractivity contribution is -0.142. The number of benzene rings is 1. The number of piperidine rings is 1. The van der Waals surface area contributed by atoms with Crippen LogP contribution >= 0.6 is 0 Å². The summed E-state index contributed by atoms with van der Waals surface area (Å²) < 4.78 is 4.73. The molecular weight excluding hydrogens is 240 g/mol. The topological polar surface area (TPSA) is 32.8 Å². The highest BCUT2D eigenvalue weighted by Crippen LogP contribution is 2.21. The van der Waals surface area contributed by atoms with E-state index in [0.29, 0.717) is 12.6 Å². The Labute approximate surface area is 115 Å². The fourth-order valence-corrected chi connectivity index (χ4v) is 2.59.